The highest BCUT2D eigenvalue weighted by Crippen LogP contribution is 0.420. The van der Waals surface area contributed by atoms with E-state index in [-0.39, 0.29) is 35.5 Å². The minimum atomic E-state index is 0. The Morgan fingerprint density at radius 1 is 0.333 bits per heavy atom. The fourth-order valence-electron chi connectivity index (χ4n) is 0. The minimum Gasteiger partial charge on any atom is -0.269 e. The smallest absolute Gasteiger partial charge is 0 e. The number of nitrogens with zero attached hydrogens (tertiary/aromatic N) is 5. The van der Waals surface area contributed by atoms with E-state index in [1.165, 1.54) is 0 Å². The third-order valence-corrected chi connectivity index (χ3v) is 0. The molecular weight excluding hydrogens is 89.0 g/mol. The van der Waals surface area contributed by atoms with Gasteiger partial charge in [0.15, 0.2) is 0 Å². The molecule has 0 aromatic heterocycles. The van der Waals surface area contributed by atoms with Gasteiger partial charge in [0, 0.05) is 30.8 Å². The monoisotopic (exact) mass is 90.0 g/mol. The van der Waals surface area contributed by atoms with Crippen LogP contribution in [-0.2, 0) is 0 Å². The summed E-state index contributed by atoms with van der Waals surface area (Å²) in [6.45, 7) is 0. The van der Waals surface area contributed by atoms with Gasteiger partial charge in [-0.05, 0) is 0 Å². The fraction of sp³-hybridized carbons (Fsp3) is 0. The molecule has 0 amide bonds. The van der Waals surface area contributed by atoms with E-state index >= 15 is 0 Å². The molecule has 5 nitrogen and oxygen atoms in total. The van der Waals surface area contributed by atoms with Crippen LogP contribution in [-0.4, -0.2) is 0 Å². The lowest BCUT2D eigenvalue weighted by molar-refractivity contribution is 1.11. The molecule has 0 N–H and O–H groups in total. The summed E-state index contributed by atoms with van der Waals surface area (Å²) in [5, 5.41) is 0. The third-order valence-electron chi connectivity index (χ3n) is 0. The van der Waals surface area contributed by atoms with Crippen LogP contribution in [0.3, 0.4) is 0 Å². The largest absolute Gasteiger partial charge is 0.269 e. The molecule has 0 spiro atoms. The molecule has 0 bridgehead atoms. The van der Waals surface area contributed by atoms with Crippen LogP contribution in [0.5, 0.6) is 0 Å². The molecular formula is HFN5. The highest BCUT2D eigenvalue weighted by Gasteiger charge is 0.00402. The van der Waals surface area contributed by atoms with Gasteiger partial charge in [-0.2, -0.15) is 0 Å². The first-order chi connectivity index (χ1) is 0. The molecule has 0 aliphatic heterocycles. The first kappa shape index (κ1) is 1760. The lowest BCUT2D eigenvalue weighted by Crippen LogP contribution is -0.482. The first-order valence-electron chi connectivity index (χ1n) is 0. The Kier molecular flexibility index (Phi) is 265000. The maximum Gasteiger partial charge on any atom is 0 e. The quantitative estimate of drug-likeness (QED) is 0.315. The van der Waals surface area contributed by atoms with Crippen molar-refractivity contribution in [3.63, 3.8) is 0 Å². The lowest BCUT2D eigenvalue weighted by atomic mass is 14.0. The molecule has 0 saturated carbocycles. The van der Waals surface area contributed by atoms with E-state index in [0.717, 1.165) is 0 Å². The van der Waals surface area contributed by atoms with Crippen molar-refractivity contribution < 1.29 is 4.70 Å². The van der Waals surface area contributed by atoms with E-state index in [2.05, 4.69) is 0 Å². The summed E-state index contributed by atoms with van der Waals surface area (Å²) in [4.78, 5) is 0. The van der Waals surface area contributed by atoms with E-state index in [9.17, 15) is 0 Å². The zero-order valence-electron chi connectivity index (χ0n) is 2.64. The Labute approximate surface area is 36.8 Å². The molecule has 33 valence electrons. The highest BCUT2D eigenvalue weighted by molar-refractivity contribution is 2.14. The van der Waals surface area contributed by atoms with Gasteiger partial charge >= 0.3 is 0 Å². The van der Waals surface area contributed by atoms with Gasteiger partial charge in [-0.1, -0.05) is 0 Å². The summed E-state index contributed by atoms with van der Waals surface area (Å²) in [7, 11) is 0. The van der Waals surface area contributed by atoms with Gasteiger partial charge in [-0.25, -0.2) is 0 Å². The van der Waals surface area contributed by atoms with Crippen LogP contribution in [0.2, 0.25) is 0 Å². The molecule has 0 unspecified atom stereocenters. The maximum atomic E-state index is 0. The Morgan fingerprint density at radius 2 is 0.333 bits per heavy atom. The second-order valence-corrected chi connectivity index (χ2v) is 0. The SMILES string of the molecule is F.[N].[N].[N].[N].[N]. The first-order valence-corrected chi connectivity index (χ1v) is 0. The van der Waals surface area contributed by atoms with Crippen LogP contribution in [0.4, 0.5) is 4.70 Å². The minimum absolute atomic E-state index is 0. The van der Waals surface area contributed by atoms with Crippen molar-refractivity contribution in [2.75, 3.05) is 0 Å². The van der Waals surface area contributed by atoms with Crippen molar-refractivity contribution in [1.29, 1.82) is 0 Å². The molecule has 0 saturated heterocycles. The number of hydrogen-bond acceptors (Lipinski definition) is 0. The molecule has 0 aromatic rings. The second kappa shape index (κ2) is 903. The van der Waals surface area contributed by atoms with E-state index in [1.54, 1.807) is 0 Å². The fourth-order valence-corrected chi connectivity index (χ4v) is 0. The molecule has 0 atom stereocenters. The van der Waals surface area contributed by atoms with Gasteiger partial charge in [-0.15, -0.1) is 0 Å². The molecule has 0 aliphatic carbocycles. The van der Waals surface area contributed by atoms with Crippen LogP contribution in [0.1, 0.15) is 0 Å². The Hall–Kier alpha value is -0.270. The molecule has 15 radical (unpaired) electrons. The Balaban J connectivity index is 0. The summed E-state index contributed by atoms with van der Waals surface area (Å²) < 4.78 is 0. The van der Waals surface area contributed by atoms with Gasteiger partial charge in [0.1, 0.15) is 0 Å². The molecule has 0 aromatic carbocycles. The van der Waals surface area contributed by atoms with Crippen molar-refractivity contribution in [2.45, 2.75) is 0 Å². The summed E-state index contributed by atoms with van der Waals surface area (Å²) in [5.41, 5.74) is 0. The van der Waals surface area contributed by atoms with E-state index in [4.69, 9.17) is 0 Å². The van der Waals surface area contributed by atoms with E-state index in [0.29, 0.717) is 0 Å². The topological polar surface area (TPSA) is 152 Å². The summed E-state index contributed by atoms with van der Waals surface area (Å²) in [5.74, 6) is 0. The van der Waals surface area contributed by atoms with Gasteiger partial charge < -0.3 is 0 Å². The van der Waals surface area contributed by atoms with Crippen molar-refractivity contribution in [3.8, 4) is 0 Å². The predicted octanol–water partition coefficient (Wildman–Crippen LogP) is -2.25. The zero-order valence-corrected chi connectivity index (χ0v) is 2.64. The van der Waals surface area contributed by atoms with E-state index in [1.807, 2.05) is 0 Å². The van der Waals surface area contributed by atoms with Gasteiger partial charge in [0.05, 0.1) is 0 Å². The Morgan fingerprint density at radius 3 is 0.333 bits per heavy atom. The van der Waals surface area contributed by atoms with Crippen molar-refractivity contribution >= 4 is 0 Å². The summed E-state index contributed by atoms with van der Waals surface area (Å²) in [6, 6.07) is 0. The van der Waals surface area contributed by atoms with Crippen LogP contribution < -0.4 is 30.8 Å². The standard InChI is InChI=1S/FH.5N/h1H;;;;;. The molecule has 0 heterocycles. The average Bonchev–Trinajstić information content (AvgIpc) is 0. The van der Waals surface area contributed by atoms with E-state index < -0.39 is 0 Å². The Bertz CT molecular complexity index is 3.90. The molecule has 0 aliphatic rings. The normalized spacial score (nSPS) is 0. The maximum absolute atomic E-state index is 0. The van der Waals surface area contributed by atoms with Crippen molar-refractivity contribution in [2.24, 2.45) is 0 Å². The van der Waals surface area contributed by atoms with Crippen molar-refractivity contribution in [3.05, 3.63) is 0 Å². The number of halogens is 1. The highest BCUT2D eigenvalue weighted by atomic mass is 19.0. The second-order valence-electron chi connectivity index (χ2n) is 0. The summed E-state index contributed by atoms with van der Waals surface area (Å²) >= 11 is 0. The lowest BCUT2D eigenvalue weighted by Gasteiger charge is -0.269. The summed E-state index contributed by atoms with van der Waals surface area (Å²) in [6.07, 6.45) is 0. The van der Waals surface area contributed by atoms with Crippen LogP contribution in [0.15, 0.2) is 0 Å². The molecule has 0 fully saturated rings. The van der Waals surface area contributed by atoms with Crippen LogP contribution in [0, 0.1) is 0 Å². The third kappa shape index (κ3) is 381. The van der Waals surface area contributed by atoms with Gasteiger partial charge in [-0.3, -0.25) is 4.70 Å². The van der Waals surface area contributed by atoms with Crippen LogP contribution in [0.25, 0.3) is 0 Å². The number of rotatable bonds is 0. The molecule has 6 heteroatoms. The van der Waals surface area contributed by atoms with Gasteiger partial charge in [0.2, 0.25) is 0 Å². The van der Waals surface area contributed by atoms with Gasteiger partial charge in [0.25, 0.3) is 0 Å². The molecule has 6 heavy (non-hydrogen) atoms. The molecule has 0 rings (SSSR count). The van der Waals surface area contributed by atoms with Crippen LogP contribution >= 0.6 is 0 Å². The predicted molar refractivity (Wildman–Crippen MR) is 13.2 cm³/mol. The number of hydrogen-bond donors (Lipinski definition) is 0. The zero-order chi connectivity index (χ0) is 0. The average molecular weight is 90.0 g/mol. The van der Waals surface area contributed by atoms with Crippen molar-refractivity contribution in [1.82, 2.24) is 30.8 Å².